The van der Waals surface area contributed by atoms with Crippen molar-refractivity contribution in [2.24, 2.45) is 0 Å². The van der Waals surface area contributed by atoms with E-state index in [4.69, 9.17) is 4.74 Å². The van der Waals surface area contributed by atoms with Crippen molar-refractivity contribution in [1.29, 1.82) is 0 Å². The molecule has 1 fully saturated rings. The second-order valence-electron chi connectivity index (χ2n) is 5.40. The van der Waals surface area contributed by atoms with Crippen LogP contribution in [0.25, 0.3) is 12.2 Å². The minimum absolute atomic E-state index is 0.0327. The molecule has 9 heteroatoms. The number of aromatic nitrogens is 2. The summed E-state index contributed by atoms with van der Waals surface area (Å²) in [5.74, 6) is -0.874. The van der Waals surface area contributed by atoms with Crippen molar-refractivity contribution in [3.05, 3.63) is 56.1 Å². The molecular weight excluding hydrogens is 328 g/mol. The third-order valence-electron chi connectivity index (χ3n) is 3.78. The van der Waals surface area contributed by atoms with E-state index in [1.165, 1.54) is 6.08 Å². The van der Waals surface area contributed by atoms with E-state index < -0.39 is 22.0 Å². The number of nitrogens with zero attached hydrogens (tertiary/aromatic N) is 3. The van der Waals surface area contributed by atoms with E-state index >= 15 is 0 Å². The smallest absolute Gasteiger partial charge is 0.395 e. The number of hydrogen-bond acceptors (Lipinski definition) is 7. The maximum atomic E-state index is 11.6. The number of nitrogens with one attached hydrogen (secondary N) is 1. The number of hydrogen-bond donors (Lipinski definition) is 2. The summed E-state index contributed by atoms with van der Waals surface area (Å²) in [4.78, 5) is 29.4. The Kier molecular flexibility index (Phi) is 4.75. The molecule has 0 atom stereocenters. The number of aromatic hydroxyl groups is 1. The van der Waals surface area contributed by atoms with E-state index in [1.54, 1.807) is 6.08 Å². The number of aromatic amines is 1. The maximum Gasteiger partial charge on any atom is 0.395 e. The lowest BCUT2D eigenvalue weighted by atomic mass is 10.1. The van der Waals surface area contributed by atoms with E-state index in [0.717, 1.165) is 24.3 Å². The molecule has 0 radical (unpaired) electrons. The maximum absolute atomic E-state index is 11.6. The molecule has 0 spiro atoms. The van der Waals surface area contributed by atoms with Gasteiger partial charge in [-0.2, -0.15) is 4.98 Å². The molecule has 1 aliphatic heterocycles. The van der Waals surface area contributed by atoms with Crippen LogP contribution in [0.3, 0.4) is 0 Å². The van der Waals surface area contributed by atoms with Crippen LogP contribution in [-0.4, -0.2) is 46.3 Å². The first kappa shape index (κ1) is 16.7. The Balaban J connectivity index is 1.76. The van der Waals surface area contributed by atoms with E-state index in [2.05, 4.69) is 14.9 Å². The van der Waals surface area contributed by atoms with Crippen LogP contribution in [0.15, 0.2) is 29.1 Å². The third-order valence-corrected chi connectivity index (χ3v) is 3.78. The first-order valence-electron chi connectivity index (χ1n) is 7.63. The van der Waals surface area contributed by atoms with Gasteiger partial charge < -0.3 is 19.7 Å². The average molecular weight is 344 g/mol. The topological polar surface area (TPSA) is 122 Å². The molecule has 130 valence electrons. The molecule has 25 heavy (non-hydrogen) atoms. The van der Waals surface area contributed by atoms with Gasteiger partial charge in [0.05, 0.1) is 18.1 Å². The summed E-state index contributed by atoms with van der Waals surface area (Å²) in [5, 5.41) is 20.1. The molecule has 1 aliphatic rings. The normalized spacial score (nSPS) is 14.8. The third kappa shape index (κ3) is 3.83. The van der Waals surface area contributed by atoms with Gasteiger partial charge in [0.25, 0.3) is 5.88 Å². The zero-order valence-electron chi connectivity index (χ0n) is 13.2. The lowest BCUT2D eigenvalue weighted by Gasteiger charge is -2.28. The fourth-order valence-corrected chi connectivity index (χ4v) is 2.51. The number of ether oxygens (including phenoxy) is 1. The van der Waals surface area contributed by atoms with Crippen LogP contribution in [0.2, 0.25) is 0 Å². The van der Waals surface area contributed by atoms with Gasteiger partial charge in [-0.05, 0) is 23.8 Å². The Morgan fingerprint density at radius 1 is 1.24 bits per heavy atom. The van der Waals surface area contributed by atoms with Crippen molar-refractivity contribution in [2.75, 3.05) is 31.2 Å². The molecule has 9 nitrogen and oxygen atoms in total. The first-order valence-corrected chi connectivity index (χ1v) is 7.63. The van der Waals surface area contributed by atoms with Crippen LogP contribution in [0.1, 0.15) is 11.4 Å². The highest BCUT2D eigenvalue weighted by molar-refractivity contribution is 5.68. The van der Waals surface area contributed by atoms with E-state index in [1.807, 2.05) is 24.3 Å². The molecule has 0 bridgehead atoms. The first-order chi connectivity index (χ1) is 12.0. The van der Waals surface area contributed by atoms with Crippen molar-refractivity contribution in [3.63, 3.8) is 0 Å². The van der Waals surface area contributed by atoms with Gasteiger partial charge in [0.15, 0.2) is 0 Å². The Hall–Kier alpha value is -3.20. The number of H-pyrrole nitrogens is 1. The summed E-state index contributed by atoms with van der Waals surface area (Å²) in [6.07, 6.45) is 3.15. The predicted molar refractivity (Wildman–Crippen MR) is 91.6 cm³/mol. The van der Waals surface area contributed by atoms with Gasteiger partial charge >= 0.3 is 11.2 Å². The quantitative estimate of drug-likeness (QED) is 0.635. The van der Waals surface area contributed by atoms with Gasteiger partial charge in [0.1, 0.15) is 5.82 Å². The Morgan fingerprint density at radius 2 is 1.92 bits per heavy atom. The second kappa shape index (κ2) is 7.14. The van der Waals surface area contributed by atoms with Crippen LogP contribution in [0.5, 0.6) is 5.88 Å². The summed E-state index contributed by atoms with van der Waals surface area (Å²) in [6.45, 7) is 3.12. The molecule has 2 N–H and O–H groups in total. The summed E-state index contributed by atoms with van der Waals surface area (Å²) in [7, 11) is 0. The molecule has 1 saturated heterocycles. The summed E-state index contributed by atoms with van der Waals surface area (Å²) >= 11 is 0. The largest absolute Gasteiger partial charge is 0.488 e. The van der Waals surface area contributed by atoms with E-state index in [9.17, 15) is 20.0 Å². The monoisotopic (exact) mass is 344 g/mol. The molecule has 0 amide bonds. The van der Waals surface area contributed by atoms with Crippen LogP contribution in [-0.2, 0) is 4.74 Å². The van der Waals surface area contributed by atoms with E-state index in [-0.39, 0.29) is 5.82 Å². The van der Waals surface area contributed by atoms with Crippen LogP contribution >= 0.6 is 0 Å². The van der Waals surface area contributed by atoms with Gasteiger partial charge in [-0.3, -0.25) is 14.9 Å². The Morgan fingerprint density at radius 3 is 2.52 bits per heavy atom. The van der Waals surface area contributed by atoms with Gasteiger partial charge in [0, 0.05) is 18.8 Å². The van der Waals surface area contributed by atoms with Gasteiger partial charge in [-0.25, -0.2) is 0 Å². The van der Waals surface area contributed by atoms with Crippen LogP contribution in [0.4, 0.5) is 11.4 Å². The Labute approximate surface area is 142 Å². The van der Waals surface area contributed by atoms with Gasteiger partial charge in [-0.1, -0.05) is 18.2 Å². The van der Waals surface area contributed by atoms with Gasteiger partial charge in [0.2, 0.25) is 0 Å². The molecular formula is C16H16N4O5. The fraction of sp³-hybridized carbons (Fsp3) is 0.250. The number of nitro groups is 1. The lowest BCUT2D eigenvalue weighted by molar-refractivity contribution is -0.387. The predicted octanol–water partition coefficient (Wildman–Crippen LogP) is 1.39. The molecule has 0 saturated carbocycles. The van der Waals surface area contributed by atoms with Crippen LogP contribution < -0.4 is 10.5 Å². The van der Waals surface area contributed by atoms with E-state index in [0.29, 0.717) is 13.2 Å². The number of rotatable bonds is 4. The zero-order chi connectivity index (χ0) is 17.8. The minimum atomic E-state index is -1.00. The molecule has 1 aromatic heterocycles. The zero-order valence-corrected chi connectivity index (χ0v) is 13.2. The molecule has 0 aliphatic carbocycles. The Bertz CT molecular complexity index is 854. The van der Waals surface area contributed by atoms with Gasteiger partial charge in [-0.15, -0.1) is 0 Å². The molecule has 3 rings (SSSR count). The number of benzene rings is 1. The minimum Gasteiger partial charge on any atom is -0.488 e. The van der Waals surface area contributed by atoms with Crippen molar-refractivity contribution in [2.45, 2.75) is 0 Å². The molecule has 1 aromatic carbocycles. The fourth-order valence-electron chi connectivity index (χ4n) is 2.51. The summed E-state index contributed by atoms with van der Waals surface area (Å²) in [6, 6.07) is 7.78. The summed E-state index contributed by atoms with van der Waals surface area (Å²) in [5.41, 5.74) is -0.00991. The van der Waals surface area contributed by atoms with Crippen molar-refractivity contribution >= 4 is 23.5 Å². The highest BCUT2D eigenvalue weighted by Crippen LogP contribution is 2.19. The molecule has 2 aromatic rings. The highest BCUT2D eigenvalue weighted by Gasteiger charge is 2.21. The standard InChI is InChI=1S/C16H16N4O5/c21-15-14(20(23)24)16(22)18-13(17-15)6-3-11-1-4-12(5-2-11)19-7-9-25-10-8-19/h1-6H,7-10H2,(H2,17,18,21,22)/b6-3+. The molecule has 0 unspecified atom stereocenters. The lowest BCUT2D eigenvalue weighted by Crippen LogP contribution is -2.36. The van der Waals surface area contributed by atoms with Crippen LogP contribution in [0, 0.1) is 10.1 Å². The number of morpholine rings is 1. The summed E-state index contributed by atoms with van der Waals surface area (Å²) < 4.78 is 5.32. The van der Waals surface area contributed by atoms with Crippen molar-refractivity contribution < 1.29 is 14.8 Å². The number of anilines is 1. The van der Waals surface area contributed by atoms with Crippen molar-refractivity contribution in [1.82, 2.24) is 9.97 Å². The van der Waals surface area contributed by atoms with Crippen molar-refractivity contribution in [3.8, 4) is 5.88 Å². The highest BCUT2D eigenvalue weighted by atomic mass is 16.6. The average Bonchev–Trinajstić information content (AvgIpc) is 2.60. The SMILES string of the molecule is O=c1[nH]c(/C=C/c2ccc(N3CCOCC3)cc2)nc(O)c1[N+](=O)[O-]. The molecule has 2 heterocycles. The second-order valence-corrected chi connectivity index (χ2v) is 5.40.